The van der Waals surface area contributed by atoms with Crippen molar-refractivity contribution < 1.29 is 9.32 Å². The molecular formula is C18H18BrN3O2S. The minimum absolute atomic E-state index is 0.116. The van der Waals surface area contributed by atoms with E-state index in [9.17, 15) is 4.79 Å². The molecule has 3 aromatic rings. The zero-order valence-corrected chi connectivity index (χ0v) is 16.6. The number of carbonyl (C=O) groups is 1. The number of halogens is 1. The molecule has 0 atom stereocenters. The van der Waals surface area contributed by atoms with Crippen molar-refractivity contribution in [2.24, 2.45) is 0 Å². The summed E-state index contributed by atoms with van der Waals surface area (Å²) in [6, 6.07) is 6.30. The van der Waals surface area contributed by atoms with E-state index in [2.05, 4.69) is 56.5 Å². The third-order valence-electron chi connectivity index (χ3n) is 3.92. The first-order valence-corrected chi connectivity index (χ1v) is 9.44. The molecule has 1 amide bonds. The van der Waals surface area contributed by atoms with E-state index in [1.165, 1.54) is 22.5 Å². The van der Waals surface area contributed by atoms with E-state index >= 15 is 0 Å². The molecule has 3 rings (SSSR count). The Morgan fingerprint density at radius 2 is 2.12 bits per heavy atom. The molecule has 0 radical (unpaired) electrons. The van der Waals surface area contributed by atoms with Crippen molar-refractivity contribution >= 4 is 38.3 Å². The molecule has 0 unspecified atom stereocenters. The molecule has 1 aromatic carbocycles. The van der Waals surface area contributed by atoms with Crippen LogP contribution in [0.3, 0.4) is 0 Å². The van der Waals surface area contributed by atoms with E-state index < -0.39 is 0 Å². The Bertz CT molecular complexity index is 897. The van der Waals surface area contributed by atoms with E-state index in [0.29, 0.717) is 10.9 Å². The molecule has 2 aromatic heterocycles. The van der Waals surface area contributed by atoms with E-state index in [1.807, 2.05) is 20.0 Å². The number of aryl methyl sites for hydroxylation is 3. The number of thiazole rings is 1. The van der Waals surface area contributed by atoms with E-state index in [-0.39, 0.29) is 12.3 Å². The van der Waals surface area contributed by atoms with Crippen molar-refractivity contribution in [3.63, 3.8) is 0 Å². The summed E-state index contributed by atoms with van der Waals surface area (Å²) >= 11 is 5.01. The van der Waals surface area contributed by atoms with Gasteiger partial charge in [0.1, 0.15) is 5.76 Å². The van der Waals surface area contributed by atoms with Crippen LogP contribution in [0.15, 0.2) is 33.4 Å². The Hall–Kier alpha value is -1.99. The quantitative estimate of drug-likeness (QED) is 0.656. The largest absolute Gasteiger partial charge is 0.361 e. The van der Waals surface area contributed by atoms with Crippen LogP contribution in [0.5, 0.6) is 0 Å². The summed E-state index contributed by atoms with van der Waals surface area (Å²) in [5.41, 5.74) is 4.01. The van der Waals surface area contributed by atoms with Gasteiger partial charge in [0.25, 0.3) is 0 Å². The molecule has 0 aliphatic rings. The van der Waals surface area contributed by atoms with Crippen LogP contribution in [0, 0.1) is 20.8 Å². The van der Waals surface area contributed by atoms with Gasteiger partial charge in [-0.15, -0.1) is 11.3 Å². The molecule has 7 heteroatoms. The van der Waals surface area contributed by atoms with Crippen LogP contribution < -0.4 is 5.32 Å². The Morgan fingerprint density at radius 3 is 2.80 bits per heavy atom. The maximum atomic E-state index is 12.2. The Kier molecular flexibility index (Phi) is 5.34. The molecule has 5 nitrogen and oxygen atoms in total. The second kappa shape index (κ2) is 7.49. The Morgan fingerprint density at radius 1 is 1.32 bits per heavy atom. The van der Waals surface area contributed by atoms with Crippen molar-refractivity contribution in [3.8, 4) is 0 Å². The molecule has 1 N–H and O–H groups in total. The number of hydrogen-bond acceptors (Lipinski definition) is 5. The van der Waals surface area contributed by atoms with Gasteiger partial charge in [-0.3, -0.25) is 4.79 Å². The molecule has 0 spiro atoms. The van der Waals surface area contributed by atoms with Crippen LogP contribution >= 0.6 is 27.3 Å². The number of benzene rings is 1. The summed E-state index contributed by atoms with van der Waals surface area (Å²) in [4.78, 5) is 17.6. The van der Waals surface area contributed by atoms with Gasteiger partial charge in [0, 0.05) is 27.5 Å². The number of amides is 1. The minimum atomic E-state index is -0.116. The fraction of sp³-hybridized carbons (Fsp3) is 0.278. The number of nitrogens with zero attached hydrogens (tertiary/aromatic N) is 2. The summed E-state index contributed by atoms with van der Waals surface area (Å²) in [5, 5.41) is 7.33. The van der Waals surface area contributed by atoms with Crippen LogP contribution in [-0.4, -0.2) is 16.0 Å². The molecule has 0 bridgehead atoms. The highest BCUT2D eigenvalue weighted by Gasteiger charge is 2.14. The maximum Gasteiger partial charge on any atom is 0.230 e. The topological polar surface area (TPSA) is 68.0 Å². The third-order valence-corrected chi connectivity index (χ3v) is 5.72. The first-order valence-electron chi connectivity index (χ1n) is 7.83. The van der Waals surface area contributed by atoms with Crippen molar-refractivity contribution in [2.75, 3.05) is 5.32 Å². The Balaban J connectivity index is 1.63. The minimum Gasteiger partial charge on any atom is -0.361 e. The molecule has 0 fully saturated rings. The van der Waals surface area contributed by atoms with Crippen LogP contribution in [-0.2, 0) is 17.6 Å². The predicted octanol–water partition coefficient (Wildman–Crippen LogP) is 4.59. The lowest BCUT2D eigenvalue weighted by atomic mass is 10.1. The highest BCUT2D eigenvalue weighted by atomic mass is 79.9. The summed E-state index contributed by atoms with van der Waals surface area (Å²) in [6.07, 6.45) is 2.85. The van der Waals surface area contributed by atoms with Gasteiger partial charge >= 0.3 is 0 Å². The monoisotopic (exact) mass is 419 g/mol. The van der Waals surface area contributed by atoms with Gasteiger partial charge in [0.15, 0.2) is 5.13 Å². The average Bonchev–Trinajstić information content (AvgIpc) is 3.12. The maximum absolute atomic E-state index is 12.2. The summed E-state index contributed by atoms with van der Waals surface area (Å²) < 4.78 is 6.19. The predicted molar refractivity (Wildman–Crippen MR) is 102 cm³/mol. The van der Waals surface area contributed by atoms with Gasteiger partial charge in [0.2, 0.25) is 5.91 Å². The normalized spacial score (nSPS) is 10.9. The number of carbonyl (C=O) groups excluding carboxylic acids is 1. The number of rotatable bonds is 5. The van der Waals surface area contributed by atoms with Gasteiger partial charge in [-0.2, -0.15) is 0 Å². The van der Waals surface area contributed by atoms with E-state index in [1.54, 1.807) is 0 Å². The van der Waals surface area contributed by atoms with Crippen LogP contribution in [0.1, 0.15) is 33.0 Å². The van der Waals surface area contributed by atoms with Gasteiger partial charge in [0.05, 0.1) is 12.1 Å². The van der Waals surface area contributed by atoms with E-state index in [4.69, 9.17) is 4.52 Å². The lowest BCUT2D eigenvalue weighted by Gasteiger charge is -2.03. The SMILES string of the molecule is Cc1cc(Cc2cnc(NC(=O)Cc3c(C)noc3C)s2)ccc1Br. The van der Waals surface area contributed by atoms with Crippen LogP contribution in [0.4, 0.5) is 5.13 Å². The number of hydrogen-bond donors (Lipinski definition) is 1. The first-order chi connectivity index (χ1) is 11.9. The molecule has 0 saturated heterocycles. The summed E-state index contributed by atoms with van der Waals surface area (Å²) in [5.74, 6) is 0.563. The van der Waals surface area contributed by atoms with Crippen molar-refractivity contribution in [1.82, 2.24) is 10.1 Å². The summed E-state index contributed by atoms with van der Waals surface area (Å²) in [6.45, 7) is 5.71. The van der Waals surface area contributed by atoms with Gasteiger partial charge in [-0.05, 0) is 38.0 Å². The van der Waals surface area contributed by atoms with Crippen LogP contribution in [0.2, 0.25) is 0 Å². The summed E-state index contributed by atoms with van der Waals surface area (Å²) in [7, 11) is 0. The fourth-order valence-electron chi connectivity index (χ4n) is 2.54. The number of aromatic nitrogens is 2. The van der Waals surface area contributed by atoms with Gasteiger partial charge in [-0.1, -0.05) is 33.2 Å². The number of anilines is 1. The molecule has 2 heterocycles. The van der Waals surface area contributed by atoms with Gasteiger partial charge in [-0.25, -0.2) is 4.98 Å². The van der Waals surface area contributed by atoms with Crippen molar-refractivity contribution in [3.05, 3.63) is 61.9 Å². The molecule has 0 aliphatic heterocycles. The first kappa shape index (κ1) is 17.8. The lowest BCUT2D eigenvalue weighted by Crippen LogP contribution is -2.14. The number of nitrogens with one attached hydrogen (secondary N) is 1. The molecule has 0 aliphatic carbocycles. The van der Waals surface area contributed by atoms with Crippen molar-refractivity contribution in [2.45, 2.75) is 33.6 Å². The Labute approximate surface area is 158 Å². The van der Waals surface area contributed by atoms with Crippen molar-refractivity contribution in [1.29, 1.82) is 0 Å². The highest BCUT2D eigenvalue weighted by Crippen LogP contribution is 2.24. The second-order valence-corrected chi connectivity index (χ2v) is 7.89. The standard InChI is InChI=1S/C18H18BrN3O2S/c1-10-6-13(4-5-16(10)19)7-14-9-20-18(25-14)21-17(23)8-15-11(2)22-24-12(15)3/h4-6,9H,7-8H2,1-3H3,(H,20,21,23). The highest BCUT2D eigenvalue weighted by molar-refractivity contribution is 9.10. The smallest absolute Gasteiger partial charge is 0.230 e. The average molecular weight is 420 g/mol. The molecule has 25 heavy (non-hydrogen) atoms. The molecule has 130 valence electrons. The fourth-order valence-corrected chi connectivity index (χ4v) is 3.65. The van der Waals surface area contributed by atoms with Gasteiger partial charge < -0.3 is 9.84 Å². The third kappa shape index (κ3) is 4.35. The van der Waals surface area contributed by atoms with Crippen LogP contribution in [0.25, 0.3) is 0 Å². The molecule has 0 saturated carbocycles. The second-order valence-electron chi connectivity index (χ2n) is 5.92. The zero-order chi connectivity index (χ0) is 18.0. The van der Waals surface area contributed by atoms with E-state index in [0.717, 1.165) is 27.0 Å². The zero-order valence-electron chi connectivity index (χ0n) is 14.2. The lowest BCUT2D eigenvalue weighted by molar-refractivity contribution is -0.115. The molecular weight excluding hydrogens is 402 g/mol.